The molecule has 0 aliphatic rings. The van der Waals surface area contributed by atoms with Crippen LogP contribution in [0.4, 0.5) is 11.4 Å². The third kappa shape index (κ3) is 3.17. The Hall–Kier alpha value is -1.87. The van der Waals surface area contributed by atoms with Gasteiger partial charge in [0.15, 0.2) is 0 Å². The normalized spacial score (nSPS) is 10.6. The molecule has 0 atom stereocenters. The van der Waals surface area contributed by atoms with Crippen molar-refractivity contribution in [1.82, 2.24) is 10.3 Å². The van der Waals surface area contributed by atoms with Gasteiger partial charge in [0.25, 0.3) is 0 Å². The first-order valence-electron chi connectivity index (χ1n) is 7.08. The number of hydrogen-bond donors (Lipinski definition) is 1. The first kappa shape index (κ1) is 14.5. The molecule has 0 radical (unpaired) electrons. The molecule has 0 unspecified atom stereocenters. The molecule has 0 saturated carbocycles. The summed E-state index contributed by atoms with van der Waals surface area (Å²) >= 11 is 0. The fourth-order valence-corrected chi connectivity index (χ4v) is 2.31. The lowest BCUT2D eigenvalue weighted by Crippen LogP contribution is -2.15. The monoisotopic (exact) mass is 269 g/mol. The molecule has 0 saturated heterocycles. The van der Waals surface area contributed by atoms with Crippen LogP contribution in [-0.2, 0) is 13.0 Å². The quantitative estimate of drug-likeness (QED) is 0.901. The van der Waals surface area contributed by atoms with Gasteiger partial charge in [0.2, 0.25) is 0 Å². The van der Waals surface area contributed by atoms with Gasteiger partial charge in [0.05, 0.1) is 0 Å². The molecular weight excluding hydrogens is 246 g/mol. The number of pyridine rings is 1. The molecule has 2 rings (SSSR count). The summed E-state index contributed by atoms with van der Waals surface area (Å²) in [7, 11) is 4.06. The van der Waals surface area contributed by atoms with E-state index in [0.29, 0.717) is 0 Å². The average Bonchev–Trinajstić information content (AvgIpc) is 2.48. The summed E-state index contributed by atoms with van der Waals surface area (Å²) in [6.07, 6.45) is 3.03. The van der Waals surface area contributed by atoms with Crippen molar-refractivity contribution in [2.45, 2.75) is 26.8 Å². The second-order valence-electron chi connectivity index (χ2n) is 5.06. The molecule has 0 spiro atoms. The van der Waals surface area contributed by atoms with Crippen molar-refractivity contribution in [2.24, 2.45) is 0 Å². The fraction of sp³-hybridized carbons (Fsp3) is 0.353. The Bertz CT molecular complexity index is 561. The predicted molar refractivity (Wildman–Crippen MR) is 85.6 cm³/mol. The molecule has 0 aliphatic heterocycles. The van der Waals surface area contributed by atoms with Crippen molar-refractivity contribution >= 4 is 11.4 Å². The van der Waals surface area contributed by atoms with Crippen molar-refractivity contribution in [3.63, 3.8) is 0 Å². The molecule has 0 fully saturated rings. The van der Waals surface area contributed by atoms with E-state index in [1.165, 1.54) is 22.5 Å². The zero-order valence-corrected chi connectivity index (χ0v) is 12.8. The highest BCUT2D eigenvalue weighted by molar-refractivity contribution is 5.66. The topological polar surface area (TPSA) is 28.2 Å². The van der Waals surface area contributed by atoms with Crippen molar-refractivity contribution in [3.8, 4) is 0 Å². The molecule has 106 valence electrons. The highest BCUT2D eigenvalue weighted by Crippen LogP contribution is 2.27. The van der Waals surface area contributed by atoms with E-state index in [-0.39, 0.29) is 0 Å². The highest BCUT2D eigenvalue weighted by atomic mass is 15.1. The van der Waals surface area contributed by atoms with Gasteiger partial charge in [-0.2, -0.15) is 0 Å². The van der Waals surface area contributed by atoms with E-state index in [1.54, 1.807) is 0 Å². The third-order valence-electron chi connectivity index (χ3n) is 3.56. The van der Waals surface area contributed by atoms with E-state index in [4.69, 9.17) is 0 Å². The molecule has 1 N–H and O–H groups in total. The number of aromatic nitrogens is 1. The van der Waals surface area contributed by atoms with Gasteiger partial charge in [-0.1, -0.05) is 19.1 Å². The maximum Gasteiger partial charge on any atom is 0.0487 e. The number of hydrogen-bond acceptors (Lipinski definition) is 3. The zero-order chi connectivity index (χ0) is 14.5. The average molecular weight is 269 g/mol. The molecule has 1 aromatic heterocycles. The highest BCUT2D eigenvalue weighted by Gasteiger charge is 2.10. The van der Waals surface area contributed by atoms with Crippen LogP contribution in [0.3, 0.4) is 0 Å². The zero-order valence-electron chi connectivity index (χ0n) is 12.8. The fourth-order valence-electron chi connectivity index (χ4n) is 2.31. The molecular formula is C17H23N3. The minimum atomic E-state index is 0.819. The molecule has 0 amide bonds. The number of nitrogens with one attached hydrogen (secondary N) is 1. The second kappa shape index (κ2) is 6.53. The molecule has 3 heteroatoms. The van der Waals surface area contributed by atoms with Crippen LogP contribution in [0.25, 0.3) is 0 Å². The standard InChI is InChI=1S/C17H23N3/c1-5-14-6-8-16(9-7-14)20(4)17-10-13(2)19-12-15(17)11-18-3/h6-10,12,18H,5,11H2,1-4H3. The van der Waals surface area contributed by atoms with Gasteiger partial charge < -0.3 is 10.2 Å². The summed E-state index contributed by atoms with van der Waals surface area (Å²) in [5.74, 6) is 0. The van der Waals surface area contributed by atoms with E-state index in [0.717, 1.165) is 18.7 Å². The maximum atomic E-state index is 4.40. The van der Waals surface area contributed by atoms with Crippen molar-refractivity contribution in [2.75, 3.05) is 19.0 Å². The van der Waals surface area contributed by atoms with Gasteiger partial charge in [0, 0.05) is 42.4 Å². The number of benzene rings is 1. The lowest BCUT2D eigenvalue weighted by molar-refractivity contribution is 0.810. The number of nitrogens with zero attached hydrogens (tertiary/aromatic N) is 2. The Labute approximate surface area is 121 Å². The van der Waals surface area contributed by atoms with Gasteiger partial charge in [-0.15, -0.1) is 0 Å². The van der Waals surface area contributed by atoms with Crippen LogP contribution in [0, 0.1) is 6.92 Å². The summed E-state index contributed by atoms with van der Waals surface area (Å²) in [6, 6.07) is 10.9. The minimum Gasteiger partial charge on any atom is -0.344 e. The largest absolute Gasteiger partial charge is 0.344 e. The van der Waals surface area contributed by atoms with Crippen LogP contribution in [0.15, 0.2) is 36.5 Å². The first-order valence-corrected chi connectivity index (χ1v) is 7.08. The SMILES string of the molecule is CCc1ccc(N(C)c2cc(C)ncc2CNC)cc1. The molecule has 3 nitrogen and oxygen atoms in total. The van der Waals surface area contributed by atoms with Crippen molar-refractivity contribution in [1.29, 1.82) is 0 Å². The lowest BCUT2D eigenvalue weighted by atomic mass is 10.1. The van der Waals surface area contributed by atoms with Gasteiger partial charge in [-0.3, -0.25) is 4.98 Å². The minimum absolute atomic E-state index is 0.819. The van der Waals surface area contributed by atoms with Crippen molar-refractivity contribution < 1.29 is 0 Å². The summed E-state index contributed by atoms with van der Waals surface area (Å²) < 4.78 is 0. The Morgan fingerprint density at radius 3 is 2.50 bits per heavy atom. The summed E-state index contributed by atoms with van der Waals surface area (Å²) in [5.41, 5.74) is 6.02. The van der Waals surface area contributed by atoms with Gasteiger partial charge >= 0.3 is 0 Å². The number of rotatable bonds is 5. The molecule has 20 heavy (non-hydrogen) atoms. The number of anilines is 2. The van der Waals surface area contributed by atoms with Gasteiger partial charge in [-0.05, 0) is 44.2 Å². The van der Waals surface area contributed by atoms with E-state index in [9.17, 15) is 0 Å². The van der Waals surface area contributed by atoms with Crippen molar-refractivity contribution in [3.05, 3.63) is 53.3 Å². The van der Waals surface area contributed by atoms with Crippen LogP contribution < -0.4 is 10.2 Å². The van der Waals surface area contributed by atoms with E-state index in [1.807, 2.05) is 20.2 Å². The maximum absolute atomic E-state index is 4.40. The molecule has 0 bridgehead atoms. The Balaban J connectivity index is 2.35. The summed E-state index contributed by atoms with van der Waals surface area (Å²) in [6.45, 7) is 5.02. The molecule has 1 aromatic carbocycles. The van der Waals surface area contributed by atoms with Crippen LogP contribution >= 0.6 is 0 Å². The number of aryl methyl sites for hydroxylation is 2. The van der Waals surface area contributed by atoms with Crippen LogP contribution in [-0.4, -0.2) is 19.1 Å². The molecule has 2 aromatic rings. The van der Waals surface area contributed by atoms with E-state index < -0.39 is 0 Å². The second-order valence-corrected chi connectivity index (χ2v) is 5.06. The molecule has 1 heterocycles. The van der Waals surface area contributed by atoms with Gasteiger partial charge in [0.1, 0.15) is 0 Å². The van der Waals surface area contributed by atoms with Crippen LogP contribution in [0.2, 0.25) is 0 Å². The Morgan fingerprint density at radius 1 is 1.20 bits per heavy atom. The van der Waals surface area contributed by atoms with Crippen LogP contribution in [0.1, 0.15) is 23.7 Å². The van der Waals surface area contributed by atoms with Crippen LogP contribution in [0.5, 0.6) is 0 Å². The Kier molecular flexibility index (Phi) is 4.74. The first-order chi connectivity index (χ1) is 9.65. The van der Waals surface area contributed by atoms with E-state index in [2.05, 4.69) is 59.5 Å². The summed E-state index contributed by atoms with van der Waals surface area (Å²) in [4.78, 5) is 6.62. The summed E-state index contributed by atoms with van der Waals surface area (Å²) in [5, 5.41) is 3.20. The van der Waals surface area contributed by atoms with E-state index >= 15 is 0 Å². The smallest absolute Gasteiger partial charge is 0.0487 e. The van der Waals surface area contributed by atoms with Gasteiger partial charge in [-0.25, -0.2) is 0 Å². The Morgan fingerprint density at radius 2 is 1.90 bits per heavy atom. The lowest BCUT2D eigenvalue weighted by Gasteiger charge is -2.23. The molecule has 0 aliphatic carbocycles. The predicted octanol–water partition coefficient (Wildman–Crippen LogP) is 3.44. The third-order valence-corrected chi connectivity index (χ3v) is 3.56.